The highest BCUT2D eigenvalue weighted by Crippen LogP contribution is 2.42. The fraction of sp³-hybridized carbons (Fsp3) is 0.270. The molecule has 43 heavy (non-hydrogen) atoms. The maximum atomic E-state index is 12.5. The summed E-state index contributed by atoms with van der Waals surface area (Å²) in [6.45, 7) is 8.02. The Hall–Kier alpha value is -4.07. The van der Waals surface area contributed by atoms with E-state index in [0.717, 1.165) is 46.5 Å². The van der Waals surface area contributed by atoms with E-state index in [2.05, 4.69) is 55.0 Å². The molecule has 4 aromatic carbocycles. The number of aliphatic hydroxyl groups excluding tert-OH is 1. The van der Waals surface area contributed by atoms with Gasteiger partial charge in [-0.1, -0.05) is 91.9 Å². The van der Waals surface area contributed by atoms with E-state index in [9.17, 15) is 9.90 Å². The van der Waals surface area contributed by atoms with Crippen LogP contribution >= 0.6 is 0 Å². The molecule has 6 heteroatoms. The average Bonchev–Trinajstić information content (AvgIpc) is 3.05. The van der Waals surface area contributed by atoms with Crippen LogP contribution in [0, 0.1) is 5.92 Å². The van der Waals surface area contributed by atoms with Gasteiger partial charge in [-0.3, -0.25) is 4.79 Å². The lowest BCUT2D eigenvalue weighted by molar-refractivity contribution is -0.275. The van der Waals surface area contributed by atoms with Crippen molar-refractivity contribution in [1.82, 2.24) is 10.2 Å². The first-order valence-electron chi connectivity index (χ1n) is 14.8. The Balaban J connectivity index is 1.36. The number of rotatable bonds is 11. The monoisotopic (exact) mass is 576 g/mol. The highest BCUT2D eigenvalue weighted by Gasteiger charge is 2.38. The molecule has 0 bridgehead atoms. The van der Waals surface area contributed by atoms with Gasteiger partial charge >= 0.3 is 0 Å². The van der Waals surface area contributed by atoms with Crippen LogP contribution in [0.15, 0.2) is 116 Å². The maximum Gasteiger partial charge on any atom is 0.251 e. The first kappa shape index (κ1) is 30.4. The molecule has 1 saturated heterocycles. The molecule has 4 atom stereocenters. The Labute approximate surface area is 254 Å². The van der Waals surface area contributed by atoms with Crippen LogP contribution in [0.3, 0.4) is 0 Å². The molecule has 5 rings (SSSR count). The fourth-order valence-corrected chi connectivity index (χ4v) is 5.53. The minimum atomic E-state index is -0.547. The van der Waals surface area contributed by atoms with E-state index in [0.29, 0.717) is 12.1 Å². The second-order valence-electron chi connectivity index (χ2n) is 11.2. The van der Waals surface area contributed by atoms with Crippen molar-refractivity contribution in [1.29, 1.82) is 0 Å². The van der Waals surface area contributed by atoms with Crippen molar-refractivity contribution in [3.8, 4) is 11.1 Å². The van der Waals surface area contributed by atoms with Gasteiger partial charge in [0.2, 0.25) is 0 Å². The van der Waals surface area contributed by atoms with Gasteiger partial charge in [0.05, 0.1) is 18.8 Å². The van der Waals surface area contributed by atoms with Crippen LogP contribution in [0.2, 0.25) is 0 Å². The van der Waals surface area contributed by atoms with Gasteiger partial charge in [-0.15, -0.1) is 6.58 Å². The maximum absolute atomic E-state index is 12.5. The van der Waals surface area contributed by atoms with E-state index in [1.165, 1.54) is 0 Å². The number of carbonyl (C=O) groups excluding carboxylic acids is 1. The highest BCUT2D eigenvalue weighted by atomic mass is 16.7. The molecule has 4 aromatic rings. The van der Waals surface area contributed by atoms with Gasteiger partial charge < -0.3 is 24.8 Å². The first-order chi connectivity index (χ1) is 20.9. The fourth-order valence-electron chi connectivity index (χ4n) is 5.53. The Kier molecular flexibility index (Phi) is 10.2. The predicted octanol–water partition coefficient (Wildman–Crippen LogP) is 6.69. The summed E-state index contributed by atoms with van der Waals surface area (Å²) in [5.74, 6) is 0.0112. The van der Waals surface area contributed by atoms with E-state index < -0.39 is 6.29 Å². The Bertz CT molecular complexity index is 1500. The lowest BCUT2D eigenvalue weighted by Crippen LogP contribution is -2.43. The molecular formula is C37H40N2O4. The topological polar surface area (TPSA) is 71.0 Å². The molecule has 1 heterocycles. The lowest BCUT2D eigenvalue weighted by Gasteiger charge is -2.42. The second-order valence-corrected chi connectivity index (χ2v) is 11.2. The van der Waals surface area contributed by atoms with Crippen LogP contribution in [-0.2, 0) is 22.6 Å². The molecule has 1 aliphatic heterocycles. The molecule has 1 amide bonds. The van der Waals surface area contributed by atoms with Gasteiger partial charge in [0.15, 0.2) is 6.29 Å². The van der Waals surface area contributed by atoms with E-state index in [1.807, 2.05) is 84.9 Å². The van der Waals surface area contributed by atoms with Crippen LogP contribution < -0.4 is 5.32 Å². The number of hydrogen-bond acceptors (Lipinski definition) is 5. The van der Waals surface area contributed by atoms with Crippen LogP contribution in [0.5, 0.6) is 0 Å². The summed E-state index contributed by atoms with van der Waals surface area (Å²) in [7, 11) is 2.07. The summed E-state index contributed by atoms with van der Waals surface area (Å²) < 4.78 is 13.3. The van der Waals surface area contributed by atoms with E-state index in [-0.39, 0.29) is 30.6 Å². The molecule has 222 valence electrons. The Morgan fingerprint density at radius 1 is 0.884 bits per heavy atom. The molecule has 0 unspecified atom stereocenters. The molecule has 0 aliphatic carbocycles. The van der Waals surface area contributed by atoms with E-state index in [1.54, 1.807) is 0 Å². The largest absolute Gasteiger partial charge is 0.392 e. The molecule has 1 fully saturated rings. The Morgan fingerprint density at radius 3 is 2.33 bits per heavy atom. The van der Waals surface area contributed by atoms with Crippen LogP contribution in [0.25, 0.3) is 11.1 Å². The highest BCUT2D eigenvalue weighted by molar-refractivity contribution is 5.94. The average molecular weight is 577 g/mol. The van der Waals surface area contributed by atoms with Crippen molar-refractivity contribution in [2.75, 3.05) is 20.1 Å². The molecular weight excluding hydrogens is 536 g/mol. The summed E-state index contributed by atoms with van der Waals surface area (Å²) in [5.41, 5.74) is 6.64. The SMILES string of the molecule is C=CCN(C)C[C@H]1O[C@@H](c2cccc(-c3cccc(CNC(=O)c4ccccc4)c3)c2)O[C@@H](c2ccc(CO)cc2)[C@H]1C. The number of amides is 1. The Morgan fingerprint density at radius 2 is 1.60 bits per heavy atom. The van der Waals surface area contributed by atoms with Gasteiger partial charge in [-0.25, -0.2) is 0 Å². The number of nitrogens with zero attached hydrogens (tertiary/aromatic N) is 1. The summed E-state index contributed by atoms with van der Waals surface area (Å²) in [5, 5.41) is 12.5. The summed E-state index contributed by atoms with van der Waals surface area (Å²) in [4.78, 5) is 14.8. The smallest absolute Gasteiger partial charge is 0.251 e. The normalized spacial score (nSPS) is 20.1. The van der Waals surface area contributed by atoms with Crippen molar-refractivity contribution in [3.63, 3.8) is 0 Å². The number of carbonyl (C=O) groups is 1. The third-order valence-electron chi connectivity index (χ3n) is 7.96. The zero-order valence-electron chi connectivity index (χ0n) is 24.9. The third-order valence-corrected chi connectivity index (χ3v) is 7.96. The molecule has 0 saturated carbocycles. The standard InChI is InChI=1S/C37H40N2O4/c1-4-20-39(3)24-34-26(2)35(29-18-16-27(25-40)17-19-29)43-37(42-34)33-15-9-14-32(22-33)31-13-8-10-28(21-31)23-38-36(41)30-11-6-5-7-12-30/h4-19,21-22,26,34-35,37,40H,1,20,23-25H2,2-3H3,(H,38,41)/t26-,34+,35+,37+/m0/s1. The summed E-state index contributed by atoms with van der Waals surface area (Å²) >= 11 is 0. The van der Waals surface area contributed by atoms with Crippen molar-refractivity contribution < 1.29 is 19.4 Å². The lowest BCUT2D eigenvalue weighted by atomic mass is 9.90. The molecule has 0 aromatic heterocycles. The minimum absolute atomic E-state index is 0.00938. The number of nitrogens with one attached hydrogen (secondary N) is 1. The summed E-state index contributed by atoms with van der Waals surface area (Å²) in [6, 6.07) is 33.7. The quantitative estimate of drug-likeness (QED) is 0.195. The van der Waals surface area contributed by atoms with E-state index in [4.69, 9.17) is 9.47 Å². The number of likely N-dealkylation sites (N-methyl/N-ethyl adjacent to an activating group) is 1. The second kappa shape index (κ2) is 14.4. The van der Waals surface area contributed by atoms with Crippen molar-refractivity contribution >= 4 is 5.91 Å². The van der Waals surface area contributed by atoms with Gasteiger partial charge in [-0.05, 0) is 59.1 Å². The van der Waals surface area contributed by atoms with Gasteiger partial charge in [0.1, 0.15) is 0 Å². The zero-order valence-corrected chi connectivity index (χ0v) is 24.9. The van der Waals surface area contributed by atoms with Crippen LogP contribution in [-0.4, -0.2) is 42.2 Å². The van der Waals surface area contributed by atoms with Crippen molar-refractivity contribution in [2.24, 2.45) is 5.92 Å². The van der Waals surface area contributed by atoms with E-state index >= 15 is 0 Å². The molecule has 0 spiro atoms. The van der Waals surface area contributed by atoms with Gasteiger partial charge in [-0.2, -0.15) is 0 Å². The zero-order chi connectivity index (χ0) is 30.2. The predicted molar refractivity (Wildman–Crippen MR) is 170 cm³/mol. The molecule has 2 N–H and O–H groups in total. The molecule has 1 aliphatic rings. The molecule has 6 nitrogen and oxygen atoms in total. The number of aliphatic hydroxyl groups is 1. The van der Waals surface area contributed by atoms with Crippen LogP contribution in [0.4, 0.5) is 0 Å². The third kappa shape index (κ3) is 7.66. The number of hydrogen-bond donors (Lipinski definition) is 2. The van der Waals surface area contributed by atoms with Gasteiger partial charge in [0.25, 0.3) is 5.91 Å². The van der Waals surface area contributed by atoms with Crippen LogP contribution in [0.1, 0.15) is 51.9 Å². The van der Waals surface area contributed by atoms with Crippen molar-refractivity contribution in [3.05, 3.63) is 144 Å². The molecule has 0 radical (unpaired) electrons. The minimum Gasteiger partial charge on any atom is -0.392 e. The summed E-state index contributed by atoms with van der Waals surface area (Å²) in [6.07, 6.45) is 1.12. The van der Waals surface area contributed by atoms with Crippen molar-refractivity contribution in [2.45, 2.75) is 38.6 Å². The number of benzene rings is 4. The number of ether oxygens (including phenoxy) is 2. The van der Waals surface area contributed by atoms with Gasteiger partial charge in [0, 0.05) is 36.7 Å². The first-order valence-corrected chi connectivity index (χ1v) is 14.8.